The first-order valence-electron chi connectivity index (χ1n) is 8.51. The Bertz CT molecular complexity index is 735. The summed E-state index contributed by atoms with van der Waals surface area (Å²) in [6.07, 6.45) is 0. The summed E-state index contributed by atoms with van der Waals surface area (Å²) in [5.41, 5.74) is 2.14. The van der Waals surface area contributed by atoms with Crippen LogP contribution in [0, 0.1) is 0 Å². The topological polar surface area (TPSA) is 48.5 Å². The fraction of sp³-hybridized carbons (Fsp3) is 0.444. The largest absolute Gasteiger partial charge is 0.314 e. The van der Waals surface area contributed by atoms with E-state index < -0.39 is 0 Å². The molecule has 0 saturated carbocycles. The Morgan fingerprint density at radius 1 is 1.48 bits per heavy atom. The van der Waals surface area contributed by atoms with Gasteiger partial charge in [-0.25, -0.2) is 4.98 Å². The van der Waals surface area contributed by atoms with Gasteiger partial charge in [0.2, 0.25) is 5.91 Å². The van der Waals surface area contributed by atoms with Crippen molar-refractivity contribution >= 4 is 34.0 Å². The lowest BCUT2D eigenvalue weighted by atomic mass is 10.0. The zero-order valence-electron chi connectivity index (χ0n) is 14.5. The number of carbonyl (C=O) groups excluding carboxylic acids is 1. The molecule has 1 unspecified atom stereocenters. The highest BCUT2D eigenvalue weighted by Crippen LogP contribution is 2.30. The SMILES string of the molecule is CCN(C(C)=O)c1nc(CN2CCNCC2c2ccccc2Cl)cs1. The minimum Gasteiger partial charge on any atom is -0.314 e. The fourth-order valence-electron chi connectivity index (χ4n) is 3.18. The number of piperazine rings is 1. The Hall–Kier alpha value is -1.47. The first kappa shape index (κ1) is 18.3. The van der Waals surface area contributed by atoms with E-state index >= 15 is 0 Å². The van der Waals surface area contributed by atoms with Crippen molar-refractivity contribution in [3.8, 4) is 0 Å². The maximum Gasteiger partial charge on any atom is 0.225 e. The number of anilines is 1. The smallest absolute Gasteiger partial charge is 0.225 e. The van der Waals surface area contributed by atoms with Gasteiger partial charge in [0, 0.05) is 56.1 Å². The second-order valence-electron chi connectivity index (χ2n) is 6.10. The Morgan fingerprint density at radius 3 is 3.00 bits per heavy atom. The second kappa shape index (κ2) is 8.27. The molecule has 1 aromatic carbocycles. The van der Waals surface area contributed by atoms with E-state index in [4.69, 9.17) is 11.6 Å². The molecule has 0 aliphatic carbocycles. The maximum absolute atomic E-state index is 11.7. The van der Waals surface area contributed by atoms with Crippen LogP contribution in [0.15, 0.2) is 29.6 Å². The van der Waals surface area contributed by atoms with Crippen LogP contribution in [0.5, 0.6) is 0 Å². The van der Waals surface area contributed by atoms with Crippen molar-refractivity contribution in [1.82, 2.24) is 15.2 Å². The molecular weight excluding hydrogens is 356 g/mol. The third-order valence-electron chi connectivity index (χ3n) is 4.45. The molecule has 3 rings (SSSR count). The monoisotopic (exact) mass is 378 g/mol. The number of nitrogens with one attached hydrogen (secondary N) is 1. The average Bonchev–Trinajstić information content (AvgIpc) is 3.04. The summed E-state index contributed by atoms with van der Waals surface area (Å²) < 4.78 is 0. The van der Waals surface area contributed by atoms with Gasteiger partial charge in [0.05, 0.1) is 5.69 Å². The third-order valence-corrected chi connectivity index (χ3v) is 5.71. The van der Waals surface area contributed by atoms with E-state index in [0.717, 1.165) is 47.6 Å². The predicted octanol–water partition coefficient (Wildman–Crippen LogP) is 3.32. The molecule has 2 aromatic rings. The fourth-order valence-corrected chi connectivity index (χ4v) is 4.37. The second-order valence-corrected chi connectivity index (χ2v) is 7.34. The van der Waals surface area contributed by atoms with Gasteiger partial charge in [0.25, 0.3) is 0 Å². The number of carbonyl (C=O) groups is 1. The molecule has 1 aliphatic heterocycles. The molecule has 1 N–H and O–H groups in total. The van der Waals surface area contributed by atoms with Crippen molar-refractivity contribution in [1.29, 1.82) is 0 Å². The van der Waals surface area contributed by atoms with Crippen LogP contribution in [0.25, 0.3) is 0 Å². The number of rotatable bonds is 5. The van der Waals surface area contributed by atoms with Gasteiger partial charge in [0.15, 0.2) is 5.13 Å². The van der Waals surface area contributed by atoms with E-state index in [0.29, 0.717) is 6.54 Å². The molecule has 25 heavy (non-hydrogen) atoms. The first-order chi connectivity index (χ1) is 12.1. The van der Waals surface area contributed by atoms with Crippen molar-refractivity contribution in [2.24, 2.45) is 0 Å². The molecule has 7 heteroatoms. The third kappa shape index (κ3) is 4.20. The Kier molecular flexibility index (Phi) is 6.06. The number of thiazole rings is 1. The number of aromatic nitrogens is 1. The normalized spacial score (nSPS) is 18.3. The van der Waals surface area contributed by atoms with Crippen LogP contribution < -0.4 is 10.2 Å². The van der Waals surface area contributed by atoms with Gasteiger partial charge < -0.3 is 5.32 Å². The van der Waals surface area contributed by atoms with E-state index in [1.807, 2.05) is 30.5 Å². The molecule has 2 heterocycles. The molecular formula is C18H23ClN4OS. The first-order valence-corrected chi connectivity index (χ1v) is 9.77. The highest BCUT2D eigenvalue weighted by molar-refractivity contribution is 7.14. The van der Waals surface area contributed by atoms with Gasteiger partial charge in [-0.05, 0) is 18.6 Å². The van der Waals surface area contributed by atoms with Gasteiger partial charge in [-0.15, -0.1) is 11.3 Å². The molecule has 1 aromatic heterocycles. The van der Waals surface area contributed by atoms with Crippen LogP contribution in [0.2, 0.25) is 5.02 Å². The summed E-state index contributed by atoms with van der Waals surface area (Å²) in [4.78, 5) is 20.5. The average molecular weight is 379 g/mol. The number of benzene rings is 1. The minimum atomic E-state index is 0.0273. The number of nitrogens with zero attached hydrogens (tertiary/aromatic N) is 3. The van der Waals surface area contributed by atoms with Crippen LogP contribution in [0.4, 0.5) is 5.13 Å². The number of amides is 1. The molecule has 1 fully saturated rings. The van der Waals surface area contributed by atoms with Crippen LogP contribution in [-0.4, -0.2) is 42.0 Å². The van der Waals surface area contributed by atoms with E-state index in [1.165, 1.54) is 11.3 Å². The molecule has 0 bridgehead atoms. The van der Waals surface area contributed by atoms with Gasteiger partial charge in [0.1, 0.15) is 0 Å². The zero-order valence-corrected chi connectivity index (χ0v) is 16.1. The molecule has 5 nitrogen and oxygen atoms in total. The quantitative estimate of drug-likeness (QED) is 0.867. The lowest BCUT2D eigenvalue weighted by Crippen LogP contribution is -2.45. The summed E-state index contributed by atoms with van der Waals surface area (Å²) >= 11 is 7.94. The predicted molar refractivity (Wildman–Crippen MR) is 103 cm³/mol. The molecule has 1 aliphatic rings. The van der Waals surface area contributed by atoms with Crippen molar-refractivity contribution < 1.29 is 4.79 Å². The summed E-state index contributed by atoms with van der Waals surface area (Å²) in [6, 6.07) is 8.24. The molecule has 1 amide bonds. The number of hydrogen-bond acceptors (Lipinski definition) is 5. The highest BCUT2D eigenvalue weighted by Gasteiger charge is 2.26. The standard InChI is InChI=1S/C18H23ClN4OS/c1-3-23(13(2)24)18-21-14(12-25-18)11-22-9-8-20-10-17(22)15-6-4-5-7-16(15)19/h4-7,12,17,20H,3,8-11H2,1-2H3. The van der Waals surface area contributed by atoms with E-state index in [1.54, 1.807) is 11.8 Å². The summed E-state index contributed by atoms with van der Waals surface area (Å²) in [7, 11) is 0. The summed E-state index contributed by atoms with van der Waals surface area (Å²) in [6.45, 7) is 7.69. The van der Waals surface area contributed by atoms with Crippen molar-refractivity contribution in [2.45, 2.75) is 26.4 Å². The van der Waals surface area contributed by atoms with E-state index in [9.17, 15) is 4.79 Å². The van der Waals surface area contributed by atoms with Crippen molar-refractivity contribution in [3.63, 3.8) is 0 Å². The zero-order chi connectivity index (χ0) is 17.8. The Labute approximate surface area is 157 Å². The molecule has 1 saturated heterocycles. The number of halogens is 1. The lowest BCUT2D eigenvalue weighted by Gasteiger charge is -2.36. The molecule has 0 radical (unpaired) electrons. The van der Waals surface area contributed by atoms with Crippen molar-refractivity contribution in [2.75, 3.05) is 31.1 Å². The van der Waals surface area contributed by atoms with Gasteiger partial charge in [-0.1, -0.05) is 29.8 Å². The van der Waals surface area contributed by atoms with Gasteiger partial charge >= 0.3 is 0 Å². The van der Waals surface area contributed by atoms with Crippen LogP contribution in [0.1, 0.15) is 31.1 Å². The van der Waals surface area contributed by atoms with Crippen LogP contribution in [0.3, 0.4) is 0 Å². The minimum absolute atomic E-state index is 0.0273. The maximum atomic E-state index is 11.7. The molecule has 1 atom stereocenters. The summed E-state index contributed by atoms with van der Waals surface area (Å²) in [5, 5.41) is 7.07. The Morgan fingerprint density at radius 2 is 2.28 bits per heavy atom. The van der Waals surface area contributed by atoms with E-state index in [-0.39, 0.29) is 11.9 Å². The van der Waals surface area contributed by atoms with Gasteiger partial charge in [-0.3, -0.25) is 14.6 Å². The van der Waals surface area contributed by atoms with Gasteiger partial charge in [-0.2, -0.15) is 0 Å². The lowest BCUT2D eigenvalue weighted by molar-refractivity contribution is -0.116. The Balaban J connectivity index is 1.78. The van der Waals surface area contributed by atoms with Crippen LogP contribution in [-0.2, 0) is 11.3 Å². The highest BCUT2D eigenvalue weighted by atomic mass is 35.5. The van der Waals surface area contributed by atoms with Crippen molar-refractivity contribution in [3.05, 3.63) is 45.9 Å². The van der Waals surface area contributed by atoms with E-state index in [2.05, 4.69) is 21.3 Å². The molecule has 134 valence electrons. The van der Waals surface area contributed by atoms with Crippen LogP contribution >= 0.6 is 22.9 Å². The summed E-state index contributed by atoms with van der Waals surface area (Å²) in [5.74, 6) is 0.0273. The number of hydrogen-bond donors (Lipinski definition) is 1. The molecule has 0 spiro atoms.